The van der Waals surface area contributed by atoms with E-state index < -0.39 is 0 Å². The molecule has 1 N–H and O–H groups in total. The fourth-order valence-electron chi connectivity index (χ4n) is 2.34. The second-order valence-electron chi connectivity index (χ2n) is 5.33. The highest BCUT2D eigenvalue weighted by Gasteiger charge is 2.24. The molecular formula is C15H26N2O. The Kier molecular flexibility index (Phi) is 5.26. The van der Waals surface area contributed by atoms with E-state index in [0.717, 1.165) is 31.3 Å². The largest absolute Gasteiger partial charge is 0.468 e. The van der Waals surface area contributed by atoms with Gasteiger partial charge in [-0.1, -0.05) is 13.8 Å². The quantitative estimate of drug-likeness (QED) is 0.730. The SMILES string of the molecule is CCCN(Cc1occc1CNCC)CC1CC1. The highest BCUT2D eigenvalue weighted by Crippen LogP contribution is 2.30. The molecule has 1 saturated carbocycles. The maximum Gasteiger partial charge on any atom is 0.122 e. The van der Waals surface area contributed by atoms with E-state index in [9.17, 15) is 0 Å². The van der Waals surface area contributed by atoms with Crippen LogP contribution >= 0.6 is 0 Å². The molecule has 1 aliphatic rings. The lowest BCUT2D eigenvalue weighted by Crippen LogP contribution is -2.27. The highest BCUT2D eigenvalue weighted by atomic mass is 16.3. The summed E-state index contributed by atoms with van der Waals surface area (Å²) in [5.41, 5.74) is 1.31. The predicted octanol–water partition coefficient (Wildman–Crippen LogP) is 3.01. The minimum atomic E-state index is 0.922. The normalized spacial score (nSPS) is 15.5. The summed E-state index contributed by atoms with van der Waals surface area (Å²) in [6, 6.07) is 2.10. The van der Waals surface area contributed by atoms with Gasteiger partial charge in [-0.15, -0.1) is 0 Å². The molecule has 0 unspecified atom stereocenters. The van der Waals surface area contributed by atoms with Gasteiger partial charge >= 0.3 is 0 Å². The summed E-state index contributed by atoms with van der Waals surface area (Å²) in [4.78, 5) is 2.55. The smallest absolute Gasteiger partial charge is 0.122 e. The molecule has 2 rings (SSSR count). The molecule has 1 aliphatic carbocycles. The van der Waals surface area contributed by atoms with Gasteiger partial charge in [-0.25, -0.2) is 0 Å². The lowest BCUT2D eigenvalue weighted by atomic mass is 10.2. The Morgan fingerprint density at radius 1 is 1.39 bits per heavy atom. The summed E-state index contributed by atoms with van der Waals surface area (Å²) in [6.45, 7) is 9.71. The van der Waals surface area contributed by atoms with E-state index in [2.05, 4.69) is 30.1 Å². The lowest BCUT2D eigenvalue weighted by molar-refractivity contribution is 0.233. The molecule has 1 heterocycles. The second kappa shape index (κ2) is 6.95. The van der Waals surface area contributed by atoms with Gasteiger partial charge in [0.2, 0.25) is 0 Å². The first-order valence-corrected chi connectivity index (χ1v) is 7.31. The van der Waals surface area contributed by atoms with Crippen LogP contribution in [-0.2, 0) is 13.1 Å². The Morgan fingerprint density at radius 2 is 2.22 bits per heavy atom. The van der Waals surface area contributed by atoms with Crippen LogP contribution in [0.2, 0.25) is 0 Å². The van der Waals surface area contributed by atoms with Crippen molar-refractivity contribution >= 4 is 0 Å². The van der Waals surface area contributed by atoms with E-state index in [0.29, 0.717) is 0 Å². The first-order chi connectivity index (χ1) is 8.83. The summed E-state index contributed by atoms with van der Waals surface area (Å²) in [7, 11) is 0. The van der Waals surface area contributed by atoms with Crippen molar-refractivity contribution < 1.29 is 4.42 Å². The summed E-state index contributed by atoms with van der Waals surface area (Å²) in [5, 5.41) is 3.37. The molecule has 0 spiro atoms. The molecule has 18 heavy (non-hydrogen) atoms. The molecule has 3 heteroatoms. The van der Waals surface area contributed by atoms with Crippen molar-refractivity contribution in [2.24, 2.45) is 5.92 Å². The van der Waals surface area contributed by atoms with E-state index in [1.807, 2.05) is 6.26 Å². The van der Waals surface area contributed by atoms with Gasteiger partial charge in [-0.2, -0.15) is 0 Å². The lowest BCUT2D eigenvalue weighted by Gasteiger charge is -2.20. The van der Waals surface area contributed by atoms with Gasteiger partial charge in [0.25, 0.3) is 0 Å². The molecule has 102 valence electrons. The van der Waals surface area contributed by atoms with Gasteiger partial charge in [0.05, 0.1) is 12.8 Å². The van der Waals surface area contributed by atoms with Crippen LogP contribution in [0.15, 0.2) is 16.7 Å². The zero-order chi connectivity index (χ0) is 12.8. The van der Waals surface area contributed by atoms with Gasteiger partial charge in [-0.05, 0) is 44.3 Å². The van der Waals surface area contributed by atoms with Gasteiger partial charge in [0.1, 0.15) is 5.76 Å². The third-order valence-corrected chi connectivity index (χ3v) is 3.52. The Hall–Kier alpha value is -0.800. The van der Waals surface area contributed by atoms with Crippen LogP contribution < -0.4 is 5.32 Å². The monoisotopic (exact) mass is 250 g/mol. The van der Waals surface area contributed by atoms with Gasteiger partial charge in [0, 0.05) is 18.7 Å². The van der Waals surface area contributed by atoms with E-state index in [1.54, 1.807) is 0 Å². The second-order valence-corrected chi connectivity index (χ2v) is 5.33. The Bertz CT molecular complexity index is 344. The average molecular weight is 250 g/mol. The molecule has 3 nitrogen and oxygen atoms in total. The number of rotatable bonds is 9. The fraction of sp³-hybridized carbons (Fsp3) is 0.733. The number of nitrogens with one attached hydrogen (secondary N) is 1. The minimum Gasteiger partial charge on any atom is -0.468 e. The Balaban J connectivity index is 1.89. The van der Waals surface area contributed by atoms with Crippen molar-refractivity contribution in [1.82, 2.24) is 10.2 Å². The summed E-state index contributed by atoms with van der Waals surface area (Å²) >= 11 is 0. The van der Waals surface area contributed by atoms with Crippen LogP contribution in [0.1, 0.15) is 44.4 Å². The standard InChI is InChI=1S/C15H26N2O/c1-3-8-17(11-13-5-6-13)12-15-14(7-9-18-15)10-16-4-2/h7,9,13,16H,3-6,8,10-12H2,1-2H3. The van der Waals surface area contributed by atoms with Crippen molar-refractivity contribution in [1.29, 1.82) is 0 Å². The summed E-state index contributed by atoms with van der Waals surface area (Å²) < 4.78 is 5.66. The van der Waals surface area contributed by atoms with Crippen molar-refractivity contribution in [2.75, 3.05) is 19.6 Å². The zero-order valence-corrected chi connectivity index (χ0v) is 11.7. The molecule has 0 saturated heterocycles. The molecule has 1 aromatic heterocycles. The molecule has 0 bridgehead atoms. The van der Waals surface area contributed by atoms with Crippen LogP contribution in [0, 0.1) is 5.92 Å². The molecular weight excluding hydrogens is 224 g/mol. The molecule has 0 radical (unpaired) electrons. The van der Waals surface area contributed by atoms with Crippen molar-refractivity contribution in [3.8, 4) is 0 Å². The van der Waals surface area contributed by atoms with Crippen LogP contribution in [0.25, 0.3) is 0 Å². The molecule has 0 aliphatic heterocycles. The maximum absolute atomic E-state index is 5.66. The summed E-state index contributed by atoms with van der Waals surface area (Å²) in [5.74, 6) is 2.09. The minimum absolute atomic E-state index is 0.922. The molecule has 0 amide bonds. The van der Waals surface area contributed by atoms with Crippen molar-refractivity contribution in [3.63, 3.8) is 0 Å². The zero-order valence-electron chi connectivity index (χ0n) is 11.7. The molecule has 0 aromatic carbocycles. The number of hydrogen-bond donors (Lipinski definition) is 1. The van der Waals surface area contributed by atoms with E-state index in [1.165, 1.54) is 37.9 Å². The molecule has 1 aromatic rings. The van der Waals surface area contributed by atoms with Crippen LogP contribution in [0.3, 0.4) is 0 Å². The highest BCUT2D eigenvalue weighted by molar-refractivity contribution is 5.16. The van der Waals surface area contributed by atoms with Gasteiger partial charge < -0.3 is 9.73 Å². The van der Waals surface area contributed by atoms with Crippen molar-refractivity contribution in [2.45, 2.75) is 46.2 Å². The van der Waals surface area contributed by atoms with Crippen LogP contribution in [0.5, 0.6) is 0 Å². The van der Waals surface area contributed by atoms with E-state index in [-0.39, 0.29) is 0 Å². The Morgan fingerprint density at radius 3 is 2.89 bits per heavy atom. The first-order valence-electron chi connectivity index (χ1n) is 7.31. The van der Waals surface area contributed by atoms with Gasteiger partial charge in [-0.3, -0.25) is 4.90 Å². The van der Waals surface area contributed by atoms with E-state index in [4.69, 9.17) is 4.42 Å². The van der Waals surface area contributed by atoms with Crippen LogP contribution in [0.4, 0.5) is 0 Å². The third kappa shape index (κ3) is 4.14. The van der Waals surface area contributed by atoms with Gasteiger partial charge in [0.15, 0.2) is 0 Å². The van der Waals surface area contributed by atoms with Crippen molar-refractivity contribution in [3.05, 3.63) is 23.7 Å². The maximum atomic E-state index is 5.66. The fourth-order valence-corrected chi connectivity index (χ4v) is 2.34. The number of nitrogens with zero attached hydrogens (tertiary/aromatic N) is 1. The summed E-state index contributed by atoms with van der Waals surface area (Å²) in [6.07, 6.45) is 5.88. The third-order valence-electron chi connectivity index (χ3n) is 3.52. The average Bonchev–Trinajstić information content (AvgIpc) is 3.06. The number of furan rings is 1. The van der Waals surface area contributed by atoms with E-state index >= 15 is 0 Å². The topological polar surface area (TPSA) is 28.4 Å². The van der Waals surface area contributed by atoms with Crippen LogP contribution in [-0.4, -0.2) is 24.5 Å². The molecule has 0 atom stereocenters. The Labute approximate surface area is 111 Å². The first kappa shape index (κ1) is 13.6. The predicted molar refractivity (Wildman–Crippen MR) is 74.4 cm³/mol. The molecule has 1 fully saturated rings. The number of hydrogen-bond acceptors (Lipinski definition) is 3.